The van der Waals surface area contributed by atoms with Crippen LogP contribution >= 0.6 is 0 Å². The number of hydrogen-bond donors (Lipinski definition) is 1. The van der Waals surface area contributed by atoms with Crippen LogP contribution in [0.2, 0.25) is 0 Å². The van der Waals surface area contributed by atoms with Gasteiger partial charge in [-0.15, -0.1) is 0 Å². The maximum Gasteiger partial charge on any atom is 0.363 e. The van der Waals surface area contributed by atoms with Crippen LogP contribution in [0.4, 0.5) is 0 Å². The fourth-order valence-corrected chi connectivity index (χ4v) is 0.732. The first-order valence-corrected chi connectivity index (χ1v) is 4.21. The quantitative estimate of drug-likeness (QED) is 0.290. The Morgan fingerprint density at radius 2 is 2.31 bits per heavy atom. The van der Waals surface area contributed by atoms with Crippen molar-refractivity contribution >= 4 is 5.97 Å². The zero-order valence-corrected chi connectivity index (χ0v) is 8.03. The van der Waals surface area contributed by atoms with Crippen molar-refractivity contribution in [2.45, 2.75) is 26.1 Å². The van der Waals surface area contributed by atoms with E-state index in [0.717, 1.165) is 12.8 Å². The number of unbranched alkanes of at least 4 members (excludes halogenated alkanes) is 1. The number of esters is 1. The Morgan fingerprint density at radius 3 is 2.85 bits per heavy atom. The topological polar surface area (TPSA) is 55.8 Å². The lowest BCUT2D eigenvalue weighted by Gasteiger charge is -2.08. The third kappa shape index (κ3) is 6.31. The number of allylic oxidation sites excluding steroid dienone is 2. The molecule has 0 aromatic rings. The van der Waals surface area contributed by atoms with E-state index in [4.69, 9.17) is 9.84 Å². The van der Waals surface area contributed by atoms with Crippen LogP contribution in [0.1, 0.15) is 19.8 Å². The lowest BCUT2D eigenvalue weighted by Crippen LogP contribution is -2.25. The normalized spacial score (nSPS) is 13.2. The van der Waals surface area contributed by atoms with Crippen molar-refractivity contribution in [1.29, 1.82) is 0 Å². The highest BCUT2D eigenvalue weighted by Gasteiger charge is 2.14. The zero-order chi connectivity index (χ0) is 10.1. The van der Waals surface area contributed by atoms with Gasteiger partial charge in [0.2, 0.25) is 0 Å². The average Bonchev–Trinajstić information content (AvgIpc) is 2.16. The number of carbonyl (C=O) groups is 1. The molecule has 1 unspecified atom stereocenters. The fraction of sp³-hybridized carbons (Fsp3) is 0.667. The molecule has 4 heteroatoms. The van der Waals surface area contributed by atoms with E-state index in [1.807, 2.05) is 19.1 Å². The number of hydrogen-bond acceptors (Lipinski definition) is 4. The van der Waals surface area contributed by atoms with Crippen LogP contribution in [0.25, 0.3) is 0 Å². The summed E-state index contributed by atoms with van der Waals surface area (Å²) in [7, 11) is 1.20. The Bertz CT molecular complexity index is 165. The van der Waals surface area contributed by atoms with Crippen LogP contribution in [-0.2, 0) is 14.3 Å². The molecule has 0 bridgehead atoms. The first-order chi connectivity index (χ1) is 6.22. The van der Waals surface area contributed by atoms with E-state index in [2.05, 4.69) is 4.74 Å². The molecule has 0 radical (unpaired) electrons. The minimum Gasteiger partial charge on any atom is -0.465 e. The summed E-state index contributed by atoms with van der Waals surface area (Å²) in [6.45, 7) is 2.28. The molecule has 0 fully saturated rings. The Morgan fingerprint density at radius 1 is 1.62 bits per heavy atom. The van der Waals surface area contributed by atoms with Gasteiger partial charge < -0.3 is 14.6 Å². The summed E-state index contributed by atoms with van der Waals surface area (Å²) < 4.78 is 9.05. The molecule has 0 aliphatic heterocycles. The summed E-state index contributed by atoms with van der Waals surface area (Å²) in [6.07, 6.45) is 4.14. The van der Waals surface area contributed by atoms with Crippen LogP contribution in [0.5, 0.6) is 0 Å². The van der Waals surface area contributed by atoms with Gasteiger partial charge in [-0.3, -0.25) is 0 Å². The Kier molecular flexibility index (Phi) is 7.24. The number of aliphatic hydroxyl groups is 1. The van der Waals surface area contributed by atoms with E-state index in [9.17, 15) is 4.79 Å². The smallest absolute Gasteiger partial charge is 0.363 e. The molecular formula is C9H16O4. The van der Waals surface area contributed by atoms with Gasteiger partial charge in [0.15, 0.2) is 0 Å². The first-order valence-electron chi connectivity index (χ1n) is 4.21. The van der Waals surface area contributed by atoms with Crippen molar-refractivity contribution in [3.63, 3.8) is 0 Å². The van der Waals surface area contributed by atoms with Crippen LogP contribution in [0.3, 0.4) is 0 Å². The predicted octanol–water partition coefficient (Wildman–Crippen LogP) is 0.851. The Labute approximate surface area is 78.2 Å². The molecule has 0 heterocycles. The molecule has 0 aliphatic rings. The maximum atomic E-state index is 10.6. The van der Waals surface area contributed by atoms with Crippen molar-refractivity contribution in [3.05, 3.63) is 12.2 Å². The third-order valence-corrected chi connectivity index (χ3v) is 1.43. The largest absolute Gasteiger partial charge is 0.465 e. The van der Waals surface area contributed by atoms with Gasteiger partial charge >= 0.3 is 5.97 Å². The van der Waals surface area contributed by atoms with Crippen LogP contribution in [0.15, 0.2) is 12.2 Å². The van der Waals surface area contributed by atoms with Crippen LogP contribution < -0.4 is 0 Å². The molecule has 13 heavy (non-hydrogen) atoms. The van der Waals surface area contributed by atoms with E-state index >= 15 is 0 Å². The van der Waals surface area contributed by atoms with E-state index in [-0.39, 0.29) is 0 Å². The van der Waals surface area contributed by atoms with Gasteiger partial charge in [-0.25, -0.2) is 4.79 Å². The molecule has 0 aromatic carbocycles. The van der Waals surface area contributed by atoms with Gasteiger partial charge in [-0.1, -0.05) is 12.2 Å². The SMILES string of the molecule is C/C=C/CCCOC(O)C(=O)OC. The molecule has 1 N–H and O–H groups in total. The lowest BCUT2D eigenvalue weighted by molar-refractivity contribution is -0.180. The summed E-state index contributed by atoms with van der Waals surface area (Å²) >= 11 is 0. The van der Waals surface area contributed by atoms with Gasteiger partial charge in [-0.05, 0) is 19.8 Å². The highest BCUT2D eigenvalue weighted by molar-refractivity contribution is 5.72. The molecular weight excluding hydrogens is 172 g/mol. The van der Waals surface area contributed by atoms with Crippen LogP contribution in [0, 0.1) is 0 Å². The van der Waals surface area contributed by atoms with Gasteiger partial charge in [0, 0.05) is 0 Å². The Hall–Kier alpha value is -0.870. The van der Waals surface area contributed by atoms with Gasteiger partial charge in [0.25, 0.3) is 6.29 Å². The van der Waals surface area contributed by atoms with Crippen molar-refractivity contribution in [1.82, 2.24) is 0 Å². The third-order valence-electron chi connectivity index (χ3n) is 1.43. The second-order valence-electron chi connectivity index (χ2n) is 2.46. The van der Waals surface area contributed by atoms with Crippen molar-refractivity contribution in [3.8, 4) is 0 Å². The number of ether oxygens (including phenoxy) is 2. The summed E-state index contributed by atoms with van der Waals surface area (Å²) in [4.78, 5) is 10.6. The Balaban J connectivity index is 3.36. The molecule has 0 amide bonds. The molecule has 0 aromatic heterocycles. The molecule has 0 rings (SSSR count). The molecule has 4 nitrogen and oxygen atoms in total. The number of carbonyl (C=O) groups excluding carboxylic acids is 1. The molecule has 0 saturated carbocycles. The van der Waals surface area contributed by atoms with Crippen molar-refractivity contribution in [2.75, 3.05) is 13.7 Å². The van der Waals surface area contributed by atoms with Gasteiger partial charge in [0.05, 0.1) is 13.7 Å². The highest BCUT2D eigenvalue weighted by Crippen LogP contribution is 1.96. The second kappa shape index (κ2) is 7.76. The molecule has 1 atom stereocenters. The van der Waals surface area contributed by atoms with E-state index in [1.54, 1.807) is 0 Å². The zero-order valence-electron chi connectivity index (χ0n) is 8.03. The molecule has 76 valence electrons. The second-order valence-corrected chi connectivity index (χ2v) is 2.46. The van der Waals surface area contributed by atoms with Crippen molar-refractivity contribution in [2.24, 2.45) is 0 Å². The molecule has 0 aliphatic carbocycles. The van der Waals surface area contributed by atoms with E-state index in [1.165, 1.54) is 7.11 Å². The maximum absolute atomic E-state index is 10.6. The number of rotatable bonds is 6. The number of aliphatic hydroxyl groups excluding tert-OH is 1. The highest BCUT2D eigenvalue weighted by atomic mass is 16.6. The fourth-order valence-electron chi connectivity index (χ4n) is 0.732. The number of methoxy groups -OCH3 is 1. The summed E-state index contributed by atoms with van der Waals surface area (Å²) in [5.41, 5.74) is 0. The van der Waals surface area contributed by atoms with E-state index < -0.39 is 12.3 Å². The van der Waals surface area contributed by atoms with Gasteiger partial charge in [0.1, 0.15) is 0 Å². The minimum absolute atomic E-state index is 0.348. The predicted molar refractivity (Wildman–Crippen MR) is 48.0 cm³/mol. The average molecular weight is 188 g/mol. The molecule has 0 saturated heterocycles. The van der Waals surface area contributed by atoms with Crippen molar-refractivity contribution < 1.29 is 19.4 Å². The lowest BCUT2D eigenvalue weighted by atomic mass is 10.3. The van der Waals surface area contributed by atoms with Crippen LogP contribution in [-0.4, -0.2) is 31.1 Å². The summed E-state index contributed by atoms with van der Waals surface area (Å²) in [6, 6.07) is 0. The monoisotopic (exact) mass is 188 g/mol. The molecule has 0 spiro atoms. The van der Waals surface area contributed by atoms with Gasteiger partial charge in [-0.2, -0.15) is 0 Å². The first kappa shape index (κ1) is 12.1. The summed E-state index contributed by atoms with van der Waals surface area (Å²) in [5, 5.41) is 8.96. The standard InChI is InChI=1S/C9H16O4/c1-3-4-5-6-7-13-9(11)8(10)12-2/h3-4,9,11H,5-7H2,1-2H3/b4-3+. The minimum atomic E-state index is -1.45. The summed E-state index contributed by atoms with van der Waals surface area (Å²) in [5.74, 6) is -0.758. The van der Waals surface area contributed by atoms with E-state index in [0.29, 0.717) is 6.61 Å².